The maximum Gasteiger partial charge on any atom is 0.185 e. The normalized spacial score (nSPS) is 17.4. The van der Waals surface area contributed by atoms with Gasteiger partial charge in [0.2, 0.25) is 0 Å². The van der Waals surface area contributed by atoms with Gasteiger partial charge >= 0.3 is 0 Å². The van der Waals surface area contributed by atoms with Gasteiger partial charge in [-0.3, -0.25) is 14.4 Å². The Morgan fingerprint density at radius 3 is 2.19 bits per heavy atom. The van der Waals surface area contributed by atoms with E-state index in [2.05, 4.69) is 5.10 Å². The number of carbonyl (C=O) groups excluding carboxylic acids is 3. The van der Waals surface area contributed by atoms with Crippen molar-refractivity contribution >= 4 is 29.0 Å². The van der Waals surface area contributed by atoms with Crippen LogP contribution in [0.1, 0.15) is 56.1 Å². The molecule has 0 unspecified atom stereocenters. The van der Waals surface area contributed by atoms with Crippen molar-refractivity contribution in [1.29, 1.82) is 0 Å². The van der Waals surface area contributed by atoms with E-state index >= 15 is 0 Å². The van der Waals surface area contributed by atoms with Crippen LogP contribution in [0, 0.1) is 12.8 Å². The lowest BCUT2D eigenvalue weighted by Crippen LogP contribution is -2.35. The van der Waals surface area contributed by atoms with Crippen LogP contribution < -0.4 is 0 Å². The number of hydrogen-bond donors (Lipinski definition) is 0. The molecule has 1 fully saturated rings. The molecule has 5 nitrogen and oxygen atoms in total. The van der Waals surface area contributed by atoms with Gasteiger partial charge in [0, 0.05) is 12.8 Å². The molecule has 0 N–H and O–H groups in total. The van der Waals surface area contributed by atoms with E-state index < -0.39 is 11.7 Å². The summed E-state index contributed by atoms with van der Waals surface area (Å²) in [5, 5.41) is 4.48. The van der Waals surface area contributed by atoms with Crippen LogP contribution in [0.4, 0.5) is 0 Å². The number of aromatic nitrogens is 2. The van der Waals surface area contributed by atoms with Crippen molar-refractivity contribution in [3.05, 3.63) is 16.4 Å². The molecular formula is C15H19ClN2O3. The Balaban J connectivity index is 2.47. The molecule has 1 aromatic rings. The minimum Gasteiger partial charge on any atom is -0.298 e. The van der Waals surface area contributed by atoms with Gasteiger partial charge in [-0.1, -0.05) is 11.6 Å². The average Bonchev–Trinajstić information content (AvgIpc) is 2.64. The molecular weight excluding hydrogens is 292 g/mol. The minimum absolute atomic E-state index is 0.191. The van der Waals surface area contributed by atoms with Crippen LogP contribution in [0.25, 0.3) is 0 Å². The van der Waals surface area contributed by atoms with Crippen LogP contribution in [0.15, 0.2) is 0 Å². The first-order valence-electron chi connectivity index (χ1n) is 7.00. The van der Waals surface area contributed by atoms with Gasteiger partial charge in [-0.15, -0.1) is 0 Å². The third-order valence-corrected chi connectivity index (χ3v) is 3.99. The lowest BCUT2D eigenvalue weighted by atomic mass is 9.82. The van der Waals surface area contributed by atoms with Crippen LogP contribution in [0.5, 0.6) is 0 Å². The fourth-order valence-electron chi connectivity index (χ4n) is 2.57. The second-order valence-electron chi connectivity index (χ2n) is 6.42. The summed E-state index contributed by atoms with van der Waals surface area (Å²) in [5.41, 5.74) is 0.257. The van der Waals surface area contributed by atoms with E-state index in [0.717, 1.165) is 0 Å². The fraction of sp³-hybridized carbons (Fsp3) is 0.600. The molecule has 1 heterocycles. The number of hydrogen-bond acceptors (Lipinski definition) is 4. The number of nitrogens with zero attached hydrogens (tertiary/aromatic N) is 2. The Hall–Kier alpha value is -1.49. The molecule has 0 spiro atoms. The highest BCUT2D eigenvalue weighted by Crippen LogP contribution is 2.30. The quantitative estimate of drug-likeness (QED) is 0.622. The van der Waals surface area contributed by atoms with Crippen molar-refractivity contribution < 1.29 is 14.4 Å². The molecule has 0 radical (unpaired) electrons. The highest BCUT2D eigenvalue weighted by atomic mass is 35.5. The average molecular weight is 311 g/mol. The summed E-state index contributed by atoms with van der Waals surface area (Å²) in [6.07, 6.45) is 1.06. The zero-order valence-corrected chi connectivity index (χ0v) is 13.5. The van der Waals surface area contributed by atoms with Crippen LogP contribution in [0.2, 0.25) is 5.15 Å². The molecule has 0 atom stereocenters. The zero-order chi connectivity index (χ0) is 15.9. The predicted molar refractivity (Wildman–Crippen MR) is 78.7 cm³/mol. The predicted octanol–water partition coefficient (Wildman–Crippen LogP) is 2.72. The van der Waals surface area contributed by atoms with Gasteiger partial charge in [-0.2, -0.15) is 5.10 Å². The van der Waals surface area contributed by atoms with Crippen LogP contribution in [-0.2, 0) is 15.1 Å². The molecule has 0 aliphatic heterocycles. The number of Topliss-reactive ketones (excluding diaryl/α,β-unsaturated/α-hetero) is 3. The Bertz CT molecular complexity index is 610. The number of aryl methyl sites for hydroxylation is 1. The molecule has 0 aromatic carbocycles. The number of ketones is 3. The highest BCUT2D eigenvalue weighted by Gasteiger charge is 2.39. The zero-order valence-electron chi connectivity index (χ0n) is 12.7. The molecule has 2 rings (SSSR count). The largest absolute Gasteiger partial charge is 0.298 e. The summed E-state index contributed by atoms with van der Waals surface area (Å²) in [6.45, 7) is 7.41. The summed E-state index contributed by atoms with van der Waals surface area (Å²) in [4.78, 5) is 36.5. The van der Waals surface area contributed by atoms with Crippen molar-refractivity contribution in [1.82, 2.24) is 9.78 Å². The van der Waals surface area contributed by atoms with Crippen molar-refractivity contribution in [3.8, 4) is 0 Å². The Morgan fingerprint density at radius 2 is 1.76 bits per heavy atom. The van der Waals surface area contributed by atoms with E-state index in [1.165, 1.54) is 0 Å². The van der Waals surface area contributed by atoms with E-state index in [1.54, 1.807) is 11.6 Å². The van der Waals surface area contributed by atoms with E-state index in [1.807, 2.05) is 20.8 Å². The monoisotopic (exact) mass is 310 g/mol. The lowest BCUT2D eigenvalue weighted by molar-refractivity contribution is -0.133. The van der Waals surface area contributed by atoms with Crippen LogP contribution in [-0.4, -0.2) is 27.1 Å². The fourth-order valence-corrected chi connectivity index (χ4v) is 3.09. The van der Waals surface area contributed by atoms with Crippen molar-refractivity contribution in [3.63, 3.8) is 0 Å². The first-order valence-corrected chi connectivity index (χ1v) is 7.37. The van der Waals surface area contributed by atoms with E-state index in [-0.39, 0.29) is 40.7 Å². The Labute approximate surface area is 128 Å². The lowest BCUT2D eigenvalue weighted by Gasteiger charge is -2.21. The second kappa shape index (κ2) is 5.37. The molecule has 6 heteroatoms. The van der Waals surface area contributed by atoms with Crippen LogP contribution in [0.3, 0.4) is 0 Å². The van der Waals surface area contributed by atoms with Gasteiger partial charge in [0.05, 0.1) is 16.8 Å². The Morgan fingerprint density at radius 1 is 1.24 bits per heavy atom. The van der Waals surface area contributed by atoms with Crippen LogP contribution >= 0.6 is 11.6 Å². The molecule has 1 aliphatic carbocycles. The van der Waals surface area contributed by atoms with Crippen molar-refractivity contribution in [2.75, 3.05) is 0 Å². The summed E-state index contributed by atoms with van der Waals surface area (Å²) < 4.78 is 1.55. The molecule has 0 saturated heterocycles. The third kappa shape index (κ3) is 2.79. The molecule has 1 saturated carbocycles. The highest BCUT2D eigenvalue weighted by molar-refractivity contribution is 6.35. The third-order valence-electron chi connectivity index (χ3n) is 3.64. The maximum absolute atomic E-state index is 12.6. The molecule has 21 heavy (non-hydrogen) atoms. The van der Waals surface area contributed by atoms with Crippen molar-refractivity contribution in [2.45, 2.75) is 52.5 Å². The molecule has 1 aliphatic rings. The summed E-state index contributed by atoms with van der Waals surface area (Å²) >= 11 is 6.28. The van der Waals surface area contributed by atoms with Gasteiger partial charge in [-0.25, -0.2) is 4.68 Å². The molecule has 0 amide bonds. The number of halogens is 1. The Kier molecular flexibility index (Phi) is 4.06. The van der Waals surface area contributed by atoms with Crippen molar-refractivity contribution in [2.24, 2.45) is 5.92 Å². The summed E-state index contributed by atoms with van der Waals surface area (Å²) in [6, 6.07) is 0. The smallest absolute Gasteiger partial charge is 0.185 e. The maximum atomic E-state index is 12.6. The van der Waals surface area contributed by atoms with E-state index in [9.17, 15) is 14.4 Å². The number of rotatable bonds is 2. The van der Waals surface area contributed by atoms with E-state index in [4.69, 9.17) is 11.6 Å². The molecule has 0 bridgehead atoms. The van der Waals surface area contributed by atoms with Gasteiger partial charge < -0.3 is 0 Å². The standard InChI is InChI=1S/C15H19ClN2O3/c1-8-11(14(16)18(17-8)15(2,3)4)13(21)12-9(19)6-5-7-10(12)20/h12H,5-7H2,1-4H3. The summed E-state index contributed by atoms with van der Waals surface area (Å²) in [7, 11) is 0. The van der Waals surface area contributed by atoms with Gasteiger partial charge in [0.1, 0.15) is 11.1 Å². The van der Waals surface area contributed by atoms with Gasteiger partial charge in [-0.05, 0) is 34.1 Å². The first kappa shape index (κ1) is 15.9. The topological polar surface area (TPSA) is 69.0 Å². The van der Waals surface area contributed by atoms with E-state index in [0.29, 0.717) is 12.1 Å². The summed E-state index contributed by atoms with van der Waals surface area (Å²) in [5.74, 6) is -2.33. The molecule has 114 valence electrons. The first-order chi connectivity index (χ1) is 9.64. The second-order valence-corrected chi connectivity index (χ2v) is 6.78. The SMILES string of the molecule is Cc1nn(C(C)(C)C)c(Cl)c1C(=O)C1C(=O)CCCC1=O. The number of carbonyl (C=O) groups is 3. The van der Waals surface area contributed by atoms with Gasteiger partial charge in [0.25, 0.3) is 0 Å². The molecule has 1 aromatic heterocycles. The minimum atomic E-state index is -1.20. The van der Waals surface area contributed by atoms with Gasteiger partial charge in [0.15, 0.2) is 17.3 Å².